The van der Waals surface area contributed by atoms with Gasteiger partial charge in [0.15, 0.2) is 0 Å². The number of rotatable bonds is 4. The van der Waals surface area contributed by atoms with Crippen LogP contribution >= 0.6 is 11.6 Å². The van der Waals surface area contributed by atoms with E-state index >= 15 is 0 Å². The Bertz CT molecular complexity index is 727. The van der Waals surface area contributed by atoms with Gasteiger partial charge in [0.1, 0.15) is 0 Å². The van der Waals surface area contributed by atoms with Gasteiger partial charge in [-0.1, -0.05) is 40.1 Å². The summed E-state index contributed by atoms with van der Waals surface area (Å²) in [7, 11) is 0. The summed E-state index contributed by atoms with van der Waals surface area (Å²) in [6, 6.07) is 7.99. The zero-order chi connectivity index (χ0) is 14.8. The molecule has 2 aromatic heterocycles. The molecule has 0 bridgehead atoms. The zero-order valence-electron chi connectivity index (χ0n) is 11.8. The van der Waals surface area contributed by atoms with Crippen molar-refractivity contribution in [2.75, 3.05) is 0 Å². The predicted octanol–water partition coefficient (Wildman–Crippen LogP) is 3.78. The van der Waals surface area contributed by atoms with Crippen molar-refractivity contribution >= 4 is 11.6 Å². The molecule has 5 nitrogen and oxygen atoms in total. The maximum absolute atomic E-state index is 5.93. The number of nitrogens with zero attached hydrogens (tertiary/aromatic N) is 3. The number of hydrogen-bond acceptors (Lipinski definition) is 5. The Morgan fingerprint density at radius 2 is 1.76 bits per heavy atom. The van der Waals surface area contributed by atoms with E-state index in [0.29, 0.717) is 29.8 Å². The Balaban J connectivity index is 1.72. The van der Waals surface area contributed by atoms with E-state index in [2.05, 4.69) is 15.3 Å². The fourth-order valence-corrected chi connectivity index (χ4v) is 2.31. The van der Waals surface area contributed by atoms with Crippen LogP contribution in [0.4, 0.5) is 0 Å². The maximum Gasteiger partial charge on any atom is 0.229 e. The van der Waals surface area contributed by atoms with E-state index in [4.69, 9.17) is 20.6 Å². The monoisotopic (exact) mass is 303 g/mol. The Hall–Kier alpha value is -2.14. The highest BCUT2D eigenvalue weighted by Gasteiger charge is 2.14. The van der Waals surface area contributed by atoms with Crippen molar-refractivity contribution in [3.63, 3.8) is 0 Å². The normalized spacial score (nSPS) is 11.0. The Morgan fingerprint density at radius 1 is 1.00 bits per heavy atom. The van der Waals surface area contributed by atoms with Crippen molar-refractivity contribution in [2.24, 2.45) is 0 Å². The van der Waals surface area contributed by atoms with Gasteiger partial charge in [-0.2, -0.15) is 4.98 Å². The van der Waals surface area contributed by atoms with Gasteiger partial charge in [0.05, 0.1) is 5.69 Å². The molecule has 0 aliphatic heterocycles. The smallest absolute Gasteiger partial charge is 0.229 e. The maximum atomic E-state index is 5.93. The molecule has 0 unspecified atom stereocenters. The molecule has 21 heavy (non-hydrogen) atoms. The number of aromatic nitrogens is 3. The van der Waals surface area contributed by atoms with Crippen LogP contribution in [0.2, 0.25) is 5.22 Å². The molecule has 2 heterocycles. The first-order valence-electron chi connectivity index (χ1n) is 6.64. The Morgan fingerprint density at radius 3 is 2.43 bits per heavy atom. The van der Waals surface area contributed by atoms with Crippen LogP contribution < -0.4 is 0 Å². The molecule has 0 N–H and O–H groups in total. The number of benzene rings is 1. The van der Waals surface area contributed by atoms with Crippen LogP contribution in [0.1, 0.15) is 22.7 Å². The van der Waals surface area contributed by atoms with Crippen LogP contribution in [0, 0.1) is 13.8 Å². The molecule has 0 aliphatic carbocycles. The van der Waals surface area contributed by atoms with Crippen LogP contribution in [-0.4, -0.2) is 15.3 Å². The van der Waals surface area contributed by atoms with Crippen LogP contribution in [0.25, 0.3) is 11.4 Å². The van der Waals surface area contributed by atoms with Gasteiger partial charge >= 0.3 is 0 Å². The second-order valence-electron chi connectivity index (χ2n) is 4.90. The molecule has 108 valence electrons. The summed E-state index contributed by atoms with van der Waals surface area (Å²) in [6.07, 6.45) is 1.25. The number of halogens is 1. The van der Waals surface area contributed by atoms with Crippen LogP contribution in [-0.2, 0) is 12.8 Å². The van der Waals surface area contributed by atoms with Crippen LogP contribution in [0.3, 0.4) is 0 Å². The largest absolute Gasteiger partial charge is 0.344 e. The number of aryl methyl sites for hydroxylation is 3. The Kier molecular flexibility index (Phi) is 3.75. The standard InChI is InChI=1S/C15H14ClN3O2/c1-9-3-5-11(6-4-9)15-17-13(20-19-15)8-7-12-10(2)18-21-14(12)16/h3-6H,7-8H2,1-2H3. The van der Waals surface area contributed by atoms with Crippen molar-refractivity contribution in [3.8, 4) is 11.4 Å². The highest BCUT2D eigenvalue weighted by Crippen LogP contribution is 2.21. The summed E-state index contributed by atoms with van der Waals surface area (Å²) < 4.78 is 10.2. The third-order valence-corrected chi connectivity index (χ3v) is 3.60. The van der Waals surface area contributed by atoms with Gasteiger partial charge in [-0.25, -0.2) is 0 Å². The van der Waals surface area contributed by atoms with E-state index in [-0.39, 0.29) is 0 Å². The molecule has 3 rings (SSSR count). The van der Waals surface area contributed by atoms with E-state index in [1.165, 1.54) is 5.56 Å². The van der Waals surface area contributed by atoms with E-state index in [1.807, 2.05) is 38.1 Å². The minimum Gasteiger partial charge on any atom is -0.344 e. The molecular formula is C15H14ClN3O2. The van der Waals surface area contributed by atoms with Gasteiger partial charge in [0.25, 0.3) is 0 Å². The lowest BCUT2D eigenvalue weighted by Gasteiger charge is -1.95. The van der Waals surface area contributed by atoms with E-state index in [1.54, 1.807) is 0 Å². The SMILES string of the molecule is Cc1ccc(-c2noc(CCc3c(C)noc3Cl)n2)cc1. The van der Waals surface area contributed by atoms with Gasteiger partial charge in [0, 0.05) is 17.5 Å². The first-order valence-corrected chi connectivity index (χ1v) is 7.01. The molecule has 1 aromatic carbocycles. The van der Waals surface area contributed by atoms with Gasteiger partial charge in [-0.15, -0.1) is 0 Å². The minimum absolute atomic E-state index is 0.325. The minimum atomic E-state index is 0.325. The molecule has 0 fully saturated rings. The average molecular weight is 304 g/mol. The first-order chi connectivity index (χ1) is 10.1. The summed E-state index contributed by atoms with van der Waals surface area (Å²) in [6.45, 7) is 3.90. The van der Waals surface area contributed by atoms with Gasteiger partial charge in [-0.05, 0) is 31.9 Å². The second-order valence-corrected chi connectivity index (χ2v) is 5.24. The fraction of sp³-hybridized carbons (Fsp3) is 0.267. The topological polar surface area (TPSA) is 65.0 Å². The fourth-order valence-electron chi connectivity index (χ4n) is 2.05. The molecule has 0 amide bonds. The van der Waals surface area contributed by atoms with Crippen molar-refractivity contribution < 1.29 is 9.05 Å². The lowest BCUT2D eigenvalue weighted by molar-refractivity contribution is 0.378. The van der Waals surface area contributed by atoms with Crippen molar-refractivity contribution in [1.82, 2.24) is 15.3 Å². The van der Waals surface area contributed by atoms with E-state index < -0.39 is 0 Å². The molecule has 6 heteroatoms. The zero-order valence-corrected chi connectivity index (χ0v) is 12.5. The molecule has 0 atom stereocenters. The van der Waals surface area contributed by atoms with Crippen LogP contribution in [0.5, 0.6) is 0 Å². The summed E-state index contributed by atoms with van der Waals surface area (Å²) in [5.74, 6) is 1.17. The lowest BCUT2D eigenvalue weighted by Crippen LogP contribution is -1.93. The molecular weight excluding hydrogens is 290 g/mol. The number of hydrogen-bond donors (Lipinski definition) is 0. The van der Waals surface area contributed by atoms with Gasteiger partial charge < -0.3 is 9.05 Å². The molecule has 0 saturated carbocycles. The molecule has 0 saturated heterocycles. The average Bonchev–Trinajstić information content (AvgIpc) is 3.06. The summed E-state index contributed by atoms with van der Waals surface area (Å²) in [5.41, 5.74) is 3.81. The summed E-state index contributed by atoms with van der Waals surface area (Å²) in [5, 5.41) is 8.14. The summed E-state index contributed by atoms with van der Waals surface area (Å²) in [4.78, 5) is 4.40. The summed E-state index contributed by atoms with van der Waals surface area (Å²) >= 11 is 5.93. The molecule has 0 aliphatic rings. The highest BCUT2D eigenvalue weighted by atomic mass is 35.5. The third-order valence-electron chi connectivity index (χ3n) is 3.30. The van der Waals surface area contributed by atoms with Gasteiger partial charge in [0.2, 0.25) is 16.9 Å². The molecule has 3 aromatic rings. The third kappa shape index (κ3) is 2.97. The lowest BCUT2D eigenvalue weighted by atomic mass is 10.1. The van der Waals surface area contributed by atoms with Crippen molar-refractivity contribution in [3.05, 3.63) is 52.2 Å². The van der Waals surface area contributed by atoms with E-state index in [0.717, 1.165) is 16.8 Å². The molecule has 0 radical (unpaired) electrons. The van der Waals surface area contributed by atoms with Gasteiger partial charge in [-0.3, -0.25) is 0 Å². The predicted molar refractivity (Wildman–Crippen MR) is 78.1 cm³/mol. The second kappa shape index (κ2) is 5.69. The molecule has 0 spiro atoms. The van der Waals surface area contributed by atoms with Crippen LogP contribution in [0.15, 0.2) is 33.3 Å². The van der Waals surface area contributed by atoms with E-state index in [9.17, 15) is 0 Å². The quantitative estimate of drug-likeness (QED) is 0.734. The van der Waals surface area contributed by atoms with Crippen molar-refractivity contribution in [2.45, 2.75) is 26.7 Å². The Labute approximate surface area is 126 Å². The highest BCUT2D eigenvalue weighted by molar-refractivity contribution is 6.29. The van der Waals surface area contributed by atoms with Crippen molar-refractivity contribution in [1.29, 1.82) is 0 Å². The first kappa shape index (κ1) is 13.8.